The first-order chi connectivity index (χ1) is 48.8. The maximum Gasteiger partial charge on any atom is 3.00 e. The fraction of sp³-hybridized carbons (Fsp3) is 0.0842. The number of pyridine rings is 3. The van der Waals surface area contributed by atoms with E-state index < -0.39 is 0 Å². The number of furan rings is 2. The van der Waals surface area contributed by atoms with Gasteiger partial charge in [0.05, 0.1) is 0 Å². The minimum atomic E-state index is -0.0897. The van der Waals surface area contributed by atoms with Crippen LogP contribution in [0, 0.1) is 18.2 Å². The second kappa shape index (κ2) is 26.2. The summed E-state index contributed by atoms with van der Waals surface area (Å²) in [6.07, 6.45) is 5.77. The van der Waals surface area contributed by atoms with Gasteiger partial charge in [-0.3, -0.25) is 0 Å². The van der Waals surface area contributed by atoms with Crippen LogP contribution in [0.1, 0.15) is 52.7 Å². The number of rotatable bonds is 12. The molecule has 101 heavy (non-hydrogen) atoms. The zero-order valence-electron chi connectivity index (χ0n) is 56.9. The molecule has 6 heteroatoms. The number of para-hydroxylation sites is 4. The SMILES string of the molecule is CC(C)(C)c1ccc(-c2[c-]cc(-c3ccccc3-c3cc(-c4ccccc4-c4c[c-]c(-c5ccccn5)cc4-c4ccccc4)cc(-c4ccccc4-c4c[c-]c(-c5cc(C(C)(C)C)ccn5)cc4-c4cccc5c4oc4ccccc45)c3)c(-c3cccc4c3oc3ccccc34)c2)nc1.[Ir+3]. The van der Waals surface area contributed by atoms with Gasteiger partial charge in [-0.25, -0.2) is 0 Å². The molecule has 0 bridgehead atoms. The van der Waals surface area contributed by atoms with Crippen LogP contribution in [0.25, 0.3) is 178 Å². The number of benzene rings is 12. The van der Waals surface area contributed by atoms with Crippen molar-refractivity contribution in [1.82, 2.24) is 15.0 Å². The standard InChI is InChI=1S/C95H68N3O2.Ir/c1-94(2,3)67-49-51-97-89(58-67)63-43-47-77(86(57-63)83-37-23-35-81-79-33-17-19-40-91(79)100-93(81)83)74-31-15-12-28-71(74)66-53-64(69-26-10-13-29-72(69)75-45-41-61(87-38-20-21-50-96-87)55-84(75)60-24-8-7-9-25-60)52-65(54-66)70-27-11-14-30-73(70)76-46-42-62(88-48-44-68(59-98-88)95(4,5)6)56-85(76)82-36-22-34-80-78-32-16-18-39-90(78)99-92(80)82;/h7-40,44-59H,1-6H3;/q-3;+3. The van der Waals surface area contributed by atoms with Crippen molar-refractivity contribution < 1.29 is 28.9 Å². The van der Waals surface area contributed by atoms with Gasteiger partial charge in [0, 0.05) is 51.3 Å². The number of hydrogen-bond acceptors (Lipinski definition) is 5. The van der Waals surface area contributed by atoms with E-state index in [0.29, 0.717) is 0 Å². The molecule has 0 aliphatic carbocycles. The molecule has 5 nitrogen and oxygen atoms in total. The van der Waals surface area contributed by atoms with Crippen molar-refractivity contribution >= 4 is 43.9 Å². The summed E-state index contributed by atoms with van der Waals surface area (Å²) in [6.45, 7) is 13.4. The molecule has 484 valence electrons. The molecular formula is C95H68IrN3O2. The summed E-state index contributed by atoms with van der Waals surface area (Å²) in [5.41, 5.74) is 29.4. The van der Waals surface area contributed by atoms with Crippen LogP contribution in [0.3, 0.4) is 0 Å². The summed E-state index contributed by atoms with van der Waals surface area (Å²) in [7, 11) is 0. The van der Waals surface area contributed by atoms with Gasteiger partial charge in [-0.05, 0) is 120 Å². The Hall–Kier alpha value is -11.7. The fourth-order valence-electron chi connectivity index (χ4n) is 14.4. The van der Waals surface area contributed by atoms with Crippen molar-refractivity contribution in [3.63, 3.8) is 0 Å². The van der Waals surface area contributed by atoms with Crippen LogP contribution in [0.15, 0.2) is 313 Å². The number of nitrogens with zero attached hydrogens (tertiary/aromatic N) is 3. The molecule has 0 aliphatic heterocycles. The number of aromatic nitrogens is 3. The van der Waals surface area contributed by atoms with Crippen molar-refractivity contribution in [1.29, 1.82) is 0 Å². The predicted molar refractivity (Wildman–Crippen MR) is 414 cm³/mol. The minimum Gasteiger partial charge on any atom is -0.455 e. The summed E-state index contributed by atoms with van der Waals surface area (Å²) >= 11 is 0. The molecule has 0 saturated heterocycles. The first kappa shape index (κ1) is 64.0. The molecule has 0 radical (unpaired) electrons. The summed E-state index contributed by atoms with van der Waals surface area (Å²) in [5, 5.41) is 4.25. The van der Waals surface area contributed by atoms with Crippen LogP contribution in [0.2, 0.25) is 0 Å². The van der Waals surface area contributed by atoms with Crippen LogP contribution >= 0.6 is 0 Å². The van der Waals surface area contributed by atoms with E-state index in [4.69, 9.17) is 23.8 Å². The Kier molecular flexibility index (Phi) is 16.6. The van der Waals surface area contributed by atoms with Crippen molar-refractivity contribution in [2.24, 2.45) is 0 Å². The Morgan fingerprint density at radius 3 is 1.15 bits per heavy atom. The van der Waals surface area contributed by atoms with Gasteiger partial charge in [-0.1, -0.05) is 298 Å². The second-order valence-corrected chi connectivity index (χ2v) is 28.0. The monoisotopic (exact) mass is 1480 g/mol. The van der Waals surface area contributed by atoms with E-state index in [1.165, 1.54) is 11.1 Å². The van der Waals surface area contributed by atoms with Crippen LogP contribution in [-0.2, 0) is 30.9 Å². The molecular weight excluding hydrogens is 1410 g/mol. The fourth-order valence-corrected chi connectivity index (χ4v) is 14.4. The van der Waals surface area contributed by atoms with Gasteiger partial charge in [0.15, 0.2) is 0 Å². The van der Waals surface area contributed by atoms with E-state index >= 15 is 0 Å². The first-order valence-electron chi connectivity index (χ1n) is 34.2. The summed E-state index contributed by atoms with van der Waals surface area (Å²) in [6, 6.07) is 113. The average Bonchev–Trinajstić information content (AvgIpc) is 1.74. The van der Waals surface area contributed by atoms with Gasteiger partial charge in [0.25, 0.3) is 0 Å². The summed E-state index contributed by atoms with van der Waals surface area (Å²) < 4.78 is 13.8. The van der Waals surface area contributed by atoms with Crippen molar-refractivity contribution in [2.75, 3.05) is 0 Å². The number of fused-ring (bicyclic) bond motifs is 6. The third-order valence-corrected chi connectivity index (χ3v) is 19.6. The molecule has 17 aromatic rings. The van der Waals surface area contributed by atoms with Gasteiger partial charge in [-0.2, -0.15) is 0 Å². The molecule has 5 aromatic heterocycles. The minimum absolute atomic E-state index is 0. The molecule has 0 saturated carbocycles. The third-order valence-electron chi connectivity index (χ3n) is 19.6. The Labute approximate surface area is 602 Å². The molecule has 0 atom stereocenters. The predicted octanol–water partition coefficient (Wildman–Crippen LogP) is 25.7. The van der Waals surface area contributed by atoms with E-state index in [-0.39, 0.29) is 30.9 Å². The molecule has 0 unspecified atom stereocenters. The van der Waals surface area contributed by atoms with Gasteiger partial charge < -0.3 is 23.8 Å². The van der Waals surface area contributed by atoms with Crippen molar-refractivity contribution in [3.05, 3.63) is 333 Å². The maximum atomic E-state index is 6.92. The molecule has 5 heterocycles. The Morgan fingerprint density at radius 1 is 0.267 bits per heavy atom. The van der Waals surface area contributed by atoms with E-state index in [9.17, 15) is 0 Å². The zero-order chi connectivity index (χ0) is 67.6. The van der Waals surface area contributed by atoms with Gasteiger partial charge in [0.2, 0.25) is 0 Å². The zero-order valence-corrected chi connectivity index (χ0v) is 59.3. The molecule has 0 amide bonds. The molecule has 17 rings (SSSR count). The second-order valence-electron chi connectivity index (χ2n) is 28.0. The van der Waals surface area contributed by atoms with E-state index in [1.54, 1.807) is 0 Å². The van der Waals surface area contributed by atoms with Crippen LogP contribution < -0.4 is 0 Å². The Morgan fingerprint density at radius 2 is 0.673 bits per heavy atom. The van der Waals surface area contributed by atoms with Crippen molar-refractivity contribution in [3.8, 4) is 134 Å². The van der Waals surface area contributed by atoms with Crippen molar-refractivity contribution in [2.45, 2.75) is 52.4 Å². The van der Waals surface area contributed by atoms with Gasteiger partial charge in [-0.15, -0.1) is 71.3 Å². The first-order valence-corrected chi connectivity index (χ1v) is 34.2. The number of hydrogen-bond donors (Lipinski definition) is 0. The normalized spacial score (nSPS) is 11.8. The smallest absolute Gasteiger partial charge is 0.455 e. The third kappa shape index (κ3) is 12.0. The largest absolute Gasteiger partial charge is 3.00 e. The molecule has 0 fully saturated rings. The topological polar surface area (TPSA) is 65.0 Å². The Balaban J connectivity index is 0.00000792. The van der Waals surface area contributed by atoms with E-state index in [2.05, 4.69) is 315 Å². The van der Waals surface area contributed by atoms with Crippen LogP contribution in [0.5, 0.6) is 0 Å². The quantitative estimate of drug-likeness (QED) is 0.114. The van der Waals surface area contributed by atoms with Crippen LogP contribution in [-0.4, -0.2) is 15.0 Å². The van der Waals surface area contributed by atoms with Gasteiger partial charge >= 0.3 is 20.1 Å². The van der Waals surface area contributed by atoms with Gasteiger partial charge in [0.1, 0.15) is 22.3 Å². The molecule has 0 spiro atoms. The molecule has 0 aliphatic rings. The van der Waals surface area contributed by atoms with Crippen LogP contribution in [0.4, 0.5) is 0 Å². The van der Waals surface area contributed by atoms with E-state index in [1.807, 2.05) is 48.9 Å². The van der Waals surface area contributed by atoms with E-state index in [0.717, 1.165) is 178 Å². The molecule has 12 aromatic carbocycles. The average molecular weight is 1480 g/mol. The Bertz CT molecular complexity index is 5990. The molecule has 0 N–H and O–H groups in total. The maximum absolute atomic E-state index is 6.92. The summed E-state index contributed by atoms with van der Waals surface area (Å²) in [4.78, 5) is 14.9. The summed E-state index contributed by atoms with van der Waals surface area (Å²) in [5.74, 6) is 0.